The molecule has 2 amide bonds. The summed E-state index contributed by atoms with van der Waals surface area (Å²) in [5, 5.41) is 5.17. The summed E-state index contributed by atoms with van der Waals surface area (Å²) in [6.45, 7) is 4.36. The molecule has 2 aromatic rings. The first kappa shape index (κ1) is 22.3. The van der Waals surface area contributed by atoms with Gasteiger partial charge in [-0.1, -0.05) is 0 Å². The van der Waals surface area contributed by atoms with Gasteiger partial charge in [-0.2, -0.15) is 4.31 Å². The van der Waals surface area contributed by atoms with Crippen molar-refractivity contribution in [1.82, 2.24) is 4.31 Å². The third kappa shape index (κ3) is 5.62. The molecule has 1 aliphatic rings. The van der Waals surface area contributed by atoms with E-state index in [1.807, 2.05) is 12.1 Å². The highest BCUT2D eigenvalue weighted by Crippen LogP contribution is 2.26. The Bertz CT molecular complexity index is 1000. The molecule has 7 nitrogen and oxygen atoms in total. The molecule has 1 heterocycles. The maximum Gasteiger partial charge on any atom is 0.243 e. The molecule has 2 N–H and O–H groups in total. The molecule has 0 aromatic heterocycles. The third-order valence-electron chi connectivity index (χ3n) is 4.68. The molecule has 160 valence electrons. The highest BCUT2D eigenvalue weighted by molar-refractivity contribution is 8.00. The second kappa shape index (κ2) is 9.63. The first-order valence-corrected chi connectivity index (χ1v) is 12.0. The number of hydrogen-bond donors (Lipinski definition) is 2. The Hall–Kier alpha value is -2.36. The van der Waals surface area contributed by atoms with E-state index in [-0.39, 0.29) is 22.0 Å². The van der Waals surface area contributed by atoms with Crippen LogP contribution in [0.2, 0.25) is 0 Å². The normalized spacial score (nSPS) is 15.5. The van der Waals surface area contributed by atoms with E-state index in [2.05, 4.69) is 10.6 Å². The Balaban J connectivity index is 1.58. The van der Waals surface area contributed by atoms with Gasteiger partial charge in [0.25, 0.3) is 0 Å². The smallest absolute Gasteiger partial charge is 0.243 e. The number of benzene rings is 2. The molecule has 3 rings (SSSR count). The molecule has 0 saturated carbocycles. The lowest BCUT2D eigenvalue weighted by atomic mass is 10.3. The molecule has 0 aliphatic carbocycles. The van der Waals surface area contributed by atoms with Gasteiger partial charge in [-0.05, 0) is 68.3 Å². The Labute approximate surface area is 181 Å². The topological polar surface area (TPSA) is 95.6 Å². The van der Waals surface area contributed by atoms with Crippen molar-refractivity contribution in [3.8, 4) is 0 Å². The van der Waals surface area contributed by atoms with Crippen molar-refractivity contribution >= 4 is 45.0 Å². The first-order chi connectivity index (χ1) is 14.3. The van der Waals surface area contributed by atoms with E-state index in [1.165, 1.54) is 35.1 Å². The van der Waals surface area contributed by atoms with Crippen LogP contribution >= 0.6 is 11.8 Å². The molecular weight excluding hydrogens is 422 g/mol. The number of carbonyl (C=O) groups excluding carboxylic acids is 2. The molecule has 1 fully saturated rings. The van der Waals surface area contributed by atoms with E-state index in [0.717, 1.165) is 17.7 Å². The predicted octanol–water partition coefficient (Wildman–Crippen LogP) is 3.55. The summed E-state index contributed by atoms with van der Waals surface area (Å²) in [6, 6.07) is 13.5. The maximum atomic E-state index is 12.6. The lowest BCUT2D eigenvalue weighted by Gasteiger charge is -2.16. The zero-order valence-electron chi connectivity index (χ0n) is 16.9. The average molecular weight is 448 g/mol. The molecule has 1 aliphatic heterocycles. The molecule has 0 spiro atoms. The van der Waals surface area contributed by atoms with Crippen molar-refractivity contribution in [2.45, 2.75) is 41.7 Å². The van der Waals surface area contributed by atoms with Crippen molar-refractivity contribution in [1.29, 1.82) is 0 Å². The van der Waals surface area contributed by atoms with Gasteiger partial charge in [-0.15, -0.1) is 11.8 Å². The van der Waals surface area contributed by atoms with Crippen LogP contribution in [0.25, 0.3) is 0 Å². The van der Waals surface area contributed by atoms with Crippen molar-refractivity contribution in [3.05, 3.63) is 48.5 Å². The van der Waals surface area contributed by atoms with Crippen molar-refractivity contribution < 1.29 is 18.0 Å². The SMILES string of the molecule is CC(=O)Nc1ccc(SC(C)C(=O)Nc2ccc(S(=O)(=O)N3CCCC3)cc2)cc1. The number of thioether (sulfide) groups is 1. The van der Waals surface area contributed by atoms with Gasteiger partial charge >= 0.3 is 0 Å². The third-order valence-corrected chi connectivity index (χ3v) is 7.71. The van der Waals surface area contributed by atoms with Crippen LogP contribution in [-0.4, -0.2) is 42.9 Å². The molecule has 30 heavy (non-hydrogen) atoms. The number of anilines is 2. The minimum atomic E-state index is -3.46. The largest absolute Gasteiger partial charge is 0.326 e. The zero-order chi connectivity index (χ0) is 21.7. The molecule has 1 atom stereocenters. The van der Waals surface area contributed by atoms with Crippen LogP contribution in [0.1, 0.15) is 26.7 Å². The Kier molecular flexibility index (Phi) is 7.17. The van der Waals surface area contributed by atoms with Crippen LogP contribution in [0.5, 0.6) is 0 Å². The Morgan fingerprint density at radius 1 is 0.933 bits per heavy atom. The van der Waals surface area contributed by atoms with E-state index in [9.17, 15) is 18.0 Å². The fraction of sp³-hybridized carbons (Fsp3) is 0.333. The monoisotopic (exact) mass is 447 g/mol. The Morgan fingerprint density at radius 2 is 1.47 bits per heavy atom. The summed E-state index contributed by atoms with van der Waals surface area (Å²) >= 11 is 1.40. The summed E-state index contributed by atoms with van der Waals surface area (Å²) in [5.74, 6) is -0.316. The molecule has 0 bridgehead atoms. The number of nitrogens with one attached hydrogen (secondary N) is 2. The predicted molar refractivity (Wildman–Crippen MR) is 119 cm³/mol. The standard InChI is InChI=1S/C21H25N3O4S2/c1-15(29-19-9-5-17(6-10-19)22-16(2)25)21(26)23-18-7-11-20(12-8-18)30(27,28)24-13-3-4-14-24/h5-12,15H,3-4,13-14H2,1-2H3,(H,22,25)(H,23,26). The lowest BCUT2D eigenvalue weighted by Crippen LogP contribution is -2.27. The molecular formula is C21H25N3O4S2. The van der Waals surface area contributed by atoms with Gasteiger partial charge in [-0.3, -0.25) is 9.59 Å². The second-order valence-corrected chi connectivity index (χ2v) is 10.4. The molecule has 2 aromatic carbocycles. The zero-order valence-corrected chi connectivity index (χ0v) is 18.6. The maximum absolute atomic E-state index is 12.6. The summed E-state index contributed by atoms with van der Waals surface area (Å²) in [7, 11) is -3.46. The van der Waals surface area contributed by atoms with Gasteiger partial charge in [-0.25, -0.2) is 8.42 Å². The van der Waals surface area contributed by atoms with Gasteiger partial charge in [0.05, 0.1) is 10.1 Å². The summed E-state index contributed by atoms with van der Waals surface area (Å²) < 4.78 is 26.6. The van der Waals surface area contributed by atoms with Crippen molar-refractivity contribution in [2.24, 2.45) is 0 Å². The van der Waals surface area contributed by atoms with Gasteiger partial charge < -0.3 is 10.6 Å². The molecule has 1 unspecified atom stereocenters. The fourth-order valence-corrected chi connectivity index (χ4v) is 5.49. The van der Waals surface area contributed by atoms with Crippen LogP contribution in [0, 0.1) is 0 Å². The van der Waals surface area contributed by atoms with Crippen LogP contribution in [-0.2, 0) is 19.6 Å². The number of rotatable bonds is 7. The van der Waals surface area contributed by atoms with E-state index < -0.39 is 10.0 Å². The summed E-state index contributed by atoms with van der Waals surface area (Å²) in [5.41, 5.74) is 1.25. The van der Waals surface area contributed by atoms with E-state index in [0.29, 0.717) is 24.5 Å². The number of nitrogens with zero attached hydrogens (tertiary/aromatic N) is 1. The number of sulfonamides is 1. The minimum Gasteiger partial charge on any atom is -0.326 e. The van der Waals surface area contributed by atoms with Crippen molar-refractivity contribution in [3.63, 3.8) is 0 Å². The minimum absolute atomic E-state index is 0.137. The quantitative estimate of drug-likeness (QED) is 0.633. The summed E-state index contributed by atoms with van der Waals surface area (Å²) in [6.07, 6.45) is 1.78. The van der Waals surface area contributed by atoms with E-state index >= 15 is 0 Å². The molecule has 0 radical (unpaired) electrons. The lowest BCUT2D eigenvalue weighted by molar-refractivity contribution is -0.115. The number of amides is 2. The van der Waals surface area contributed by atoms with Gasteiger partial charge in [0.1, 0.15) is 0 Å². The Morgan fingerprint density at radius 3 is 2.03 bits per heavy atom. The first-order valence-electron chi connectivity index (χ1n) is 9.71. The van der Waals surface area contributed by atoms with E-state index in [4.69, 9.17) is 0 Å². The van der Waals surface area contributed by atoms with Gasteiger partial charge in [0.15, 0.2) is 0 Å². The van der Waals surface area contributed by atoms with Crippen molar-refractivity contribution in [2.75, 3.05) is 23.7 Å². The number of hydrogen-bond acceptors (Lipinski definition) is 5. The van der Waals surface area contributed by atoms with Gasteiger partial charge in [0.2, 0.25) is 21.8 Å². The molecule has 1 saturated heterocycles. The van der Waals surface area contributed by atoms with Gasteiger partial charge in [0, 0.05) is 36.3 Å². The second-order valence-electron chi connectivity index (χ2n) is 7.09. The fourth-order valence-electron chi connectivity index (χ4n) is 3.11. The van der Waals surface area contributed by atoms with E-state index in [1.54, 1.807) is 31.2 Å². The average Bonchev–Trinajstić information content (AvgIpc) is 3.25. The highest BCUT2D eigenvalue weighted by Gasteiger charge is 2.27. The van der Waals surface area contributed by atoms with Crippen LogP contribution in [0.4, 0.5) is 11.4 Å². The van der Waals surface area contributed by atoms with Crippen LogP contribution in [0.3, 0.4) is 0 Å². The van der Waals surface area contributed by atoms with Crippen LogP contribution in [0.15, 0.2) is 58.3 Å². The highest BCUT2D eigenvalue weighted by atomic mass is 32.2. The van der Waals surface area contributed by atoms with Crippen LogP contribution < -0.4 is 10.6 Å². The number of carbonyl (C=O) groups is 2. The summed E-state index contributed by atoms with van der Waals surface area (Å²) in [4.78, 5) is 24.7. The molecule has 9 heteroatoms.